The van der Waals surface area contributed by atoms with Gasteiger partial charge >= 0.3 is 0 Å². The molecule has 0 bridgehead atoms. The van der Waals surface area contributed by atoms with Crippen LogP contribution < -0.4 is 10.2 Å². The van der Waals surface area contributed by atoms with Gasteiger partial charge in [0, 0.05) is 30.9 Å². The highest BCUT2D eigenvalue weighted by Crippen LogP contribution is 2.38. The zero-order chi connectivity index (χ0) is 20.3. The lowest BCUT2D eigenvalue weighted by Gasteiger charge is -2.19. The highest BCUT2D eigenvalue weighted by atomic mass is 79.9. The second-order valence-electron chi connectivity index (χ2n) is 6.66. The molecule has 2 aromatic carbocycles. The molecule has 1 heterocycles. The summed E-state index contributed by atoms with van der Waals surface area (Å²) in [5, 5.41) is 2.74. The third kappa shape index (κ3) is 4.62. The summed E-state index contributed by atoms with van der Waals surface area (Å²) in [5.74, 6) is -0.844. The van der Waals surface area contributed by atoms with Crippen LogP contribution in [0, 0.1) is 0 Å². The molecular weight excluding hydrogens is 444 g/mol. The van der Waals surface area contributed by atoms with E-state index in [2.05, 4.69) is 21.2 Å². The third-order valence-corrected chi connectivity index (χ3v) is 6.82. The molecular formula is C20H21BrN2O4S. The number of sulfone groups is 1. The van der Waals surface area contributed by atoms with Crippen LogP contribution in [0.4, 0.5) is 5.69 Å². The van der Waals surface area contributed by atoms with Crippen LogP contribution in [0.2, 0.25) is 0 Å². The first-order valence-corrected chi connectivity index (χ1v) is 11.4. The zero-order valence-electron chi connectivity index (χ0n) is 15.4. The van der Waals surface area contributed by atoms with Crippen LogP contribution >= 0.6 is 15.9 Å². The minimum absolute atomic E-state index is 0.0976. The number of nitrogens with zero attached hydrogens (tertiary/aromatic N) is 1. The Kier molecular flexibility index (Phi) is 6.20. The Balaban J connectivity index is 1.73. The van der Waals surface area contributed by atoms with Crippen LogP contribution in [-0.4, -0.2) is 32.5 Å². The van der Waals surface area contributed by atoms with Crippen LogP contribution in [0.5, 0.6) is 0 Å². The van der Waals surface area contributed by atoms with Gasteiger partial charge in [0.2, 0.25) is 11.8 Å². The number of rotatable bonds is 6. The summed E-state index contributed by atoms with van der Waals surface area (Å²) in [6.07, 6.45) is 0.463. The summed E-state index contributed by atoms with van der Waals surface area (Å²) in [5.41, 5.74) is 2.21. The molecule has 2 amide bonds. The Bertz CT molecular complexity index is 1010. The monoisotopic (exact) mass is 464 g/mol. The number of carbonyl (C=O) groups is 2. The summed E-state index contributed by atoms with van der Waals surface area (Å²) >= 11 is 3.35. The smallest absolute Gasteiger partial charge is 0.223 e. The van der Waals surface area contributed by atoms with Crippen LogP contribution in [-0.2, 0) is 32.4 Å². The molecule has 148 valence electrons. The Hall–Kier alpha value is -2.19. The minimum atomic E-state index is -3.74. The first kappa shape index (κ1) is 20.5. The number of amides is 2. The molecule has 0 saturated carbocycles. The van der Waals surface area contributed by atoms with E-state index in [9.17, 15) is 18.0 Å². The molecule has 2 aromatic rings. The van der Waals surface area contributed by atoms with Gasteiger partial charge in [0.05, 0.1) is 16.3 Å². The van der Waals surface area contributed by atoms with E-state index in [1.807, 2.05) is 36.4 Å². The van der Waals surface area contributed by atoms with Gasteiger partial charge in [-0.2, -0.15) is 0 Å². The quantitative estimate of drug-likeness (QED) is 0.712. The first-order chi connectivity index (χ1) is 13.3. The van der Waals surface area contributed by atoms with Crippen molar-refractivity contribution >= 4 is 43.3 Å². The molecule has 3 rings (SSSR count). The summed E-state index contributed by atoms with van der Waals surface area (Å²) in [6, 6.07) is 12.8. The highest BCUT2D eigenvalue weighted by Gasteiger charge is 2.31. The molecule has 0 spiro atoms. The van der Waals surface area contributed by atoms with Crippen molar-refractivity contribution in [2.45, 2.75) is 31.2 Å². The topological polar surface area (TPSA) is 83.6 Å². The van der Waals surface area contributed by atoms with Crippen molar-refractivity contribution < 1.29 is 18.0 Å². The fourth-order valence-corrected chi connectivity index (χ4v) is 5.42. The van der Waals surface area contributed by atoms with E-state index in [4.69, 9.17) is 0 Å². The van der Waals surface area contributed by atoms with Crippen LogP contribution in [0.25, 0.3) is 0 Å². The van der Waals surface area contributed by atoms with Crippen molar-refractivity contribution in [3.8, 4) is 0 Å². The van der Waals surface area contributed by atoms with E-state index in [0.717, 1.165) is 11.1 Å². The molecule has 6 nitrogen and oxygen atoms in total. The fraction of sp³-hybridized carbons (Fsp3) is 0.300. The van der Waals surface area contributed by atoms with Crippen molar-refractivity contribution in [2.75, 3.05) is 17.2 Å². The average Bonchev–Trinajstić information content (AvgIpc) is 3.08. The van der Waals surface area contributed by atoms with Crippen LogP contribution in [0.3, 0.4) is 0 Å². The van der Waals surface area contributed by atoms with Gasteiger partial charge in [-0.25, -0.2) is 8.42 Å². The van der Waals surface area contributed by atoms with E-state index >= 15 is 0 Å². The van der Waals surface area contributed by atoms with E-state index in [-0.39, 0.29) is 28.9 Å². The molecule has 0 unspecified atom stereocenters. The maximum absolute atomic E-state index is 13.0. The second kappa shape index (κ2) is 8.45. The third-order valence-electron chi connectivity index (χ3n) is 4.64. The normalized spacial score (nSPS) is 13.3. The van der Waals surface area contributed by atoms with E-state index in [0.29, 0.717) is 29.7 Å². The van der Waals surface area contributed by atoms with Gasteiger partial charge in [0.1, 0.15) is 0 Å². The van der Waals surface area contributed by atoms with E-state index in [1.54, 1.807) is 0 Å². The van der Waals surface area contributed by atoms with Crippen LogP contribution in [0.15, 0.2) is 51.8 Å². The number of halogens is 1. The number of benzene rings is 2. The maximum atomic E-state index is 13.0. The van der Waals surface area contributed by atoms with Gasteiger partial charge < -0.3 is 10.2 Å². The number of hydrogen-bond donors (Lipinski definition) is 1. The largest absolute Gasteiger partial charge is 0.352 e. The number of hydrogen-bond acceptors (Lipinski definition) is 4. The van der Waals surface area contributed by atoms with Gasteiger partial charge in [0.15, 0.2) is 9.84 Å². The highest BCUT2D eigenvalue weighted by molar-refractivity contribution is 9.10. The second-order valence-corrected chi connectivity index (χ2v) is 9.66. The Morgan fingerprint density at radius 3 is 2.57 bits per heavy atom. The van der Waals surface area contributed by atoms with Gasteiger partial charge in [-0.05, 0) is 29.7 Å². The van der Waals surface area contributed by atoms with Crippen molar-refractivity contribution in [2.24, 2.45) is 0 Å². The molecule has 1 aliphatic heterocycles. The van der Waals surface area contributed by atoms with E-state index < -0.39 is 9.84 Å². The lowest BCUT2D eigenvalue weighted by molar-refractivity contribution is -0.121. The van der Waals surface area contributed by atoms with E-state index in [1.165, 1.54) is 17.9 Å². The Morgan fingerprint density at radius 1 is 1.18 bits per heavy atom. The van der Waals surface area contributed by atoms with Crippen LogP contribution in [0.1, 0.15) is 24.5 Å². The molecule has 1 N–H and O–H groups in total. The molecule has 0 saturated heterocycles. The van der Waals surface area contributed by atoms with Gasteiger partial charge in [-0.3, -0.25) is 9.59 Å². The summed E-state index contributed by atoms with van der Waals surface area (Å²) in [6.45, 7) is 2.23. The molecule has 1 aliphatic rings. The number of carbonyl (C=O) groups excluding carboxylic acids is 2. The number of anilines is 1. The fourth-order valence-electron chi connectivity index (χ4n) is 3.24. The van der Waals surface area contributed by atoms with Crippen molar-refractivity contribution in [3.63, 3.8) is 0 Å². The average molecular weight is 465 g/mol. The van der Waals surface area contributed by atoms with Crippen molar-refractivity contribution in [1.82, 2.24) is 5.32 Å². The molecule has 8 heteroatoms. The predicted octanol–water partition coefficient (Wildman–Crippen LogP) is 2.84. The molecule has 28 heavy (non-hydrogen) atoms. The maximum Gasteiger partial charge on any atom is 0.223 e. The first-order valence-electron chi connectivity index (χ1n) is 8.92. The van der Waals surface area contributed by atoms with Gasteiger partial charge in [-0.15, -0.1) is 0 Å². The lowest BCUT2D eigenvalue weighted by atomic mass is 10.2. The van der Waals surface area contributed by atoms with Crippen molar-refractivity contribution in [1.29, 1.82) is 0 Å². The molecule has 0 radical (unpaired) electrons. The molecule has 0 aliphatic carbocycles. The summed E-state index contributed by atoms with van der Waals surface area (Å²) < 4.78 is 26.5. The van der Waals surface area contributed by atoms with Crippen molar-refractivity contribution in [3.05, 3.63) is 58.1 Å². The SMILES string of the molecule is CC(=O)N1CCc2cc(Br)cc(S(=O)(=O)CCC(=O)NCc3ccccc3)c21. The number of nitrogens with one attached hydrogen (secondary N) is 1. The lowest BCUT2D eigenvalue weighted by Crippen LogP contribution is -2.28. The number of fused-ring (bicyclic) bond motifs is 1. The minimum Gasteiger partial charge on any atom is -0.352 e. The summed E-state index contributed by atoms with van der Waals surface area (Å²) in [4.78, 5) is 25.6. The Morgan fingerprint density at radius 2 is 1.89 bits per heavy atom. The van der Waals surface area contributed by atoms with Gasteiger partial charge in [-0.1, -0.05) is 46.3 Å². The molecule has 0 atom stereocenters. The standard InChI is InChI=1S/C20H21BrN2O4S/c1-14(24)23-9-7-16-11-17(21)12-18(20(16)23)28(26,27)10-8-19(25)22-13-15-5-3-2-4-6-15/h2-6,11-12H,7-10,13H2,1H3,(H,22,25). The summed E-state index contributed by atoms with van der Waals surface area (Å²) in [7, 11) is -3.74. The van der Waals surface area contributed by atoms with Gasteiger partial charge in [0.25, 0.3) is 0 Å². The predicted molar refractivity (Wildman–Crippen MR) is 111 cm³/mol. The Labute approximate surface area is 173 Å². The zero-order valence-corrected chi connectivity index (χ0v) is 17.8. The molecule has 0 fully saturated rings. The molecule has 0 aromatic heterocycles.